The molecule has 5 rings (SSSR count). The van der Waals surface area contributed by atoms with E-state index >= 15 is 0 Å². The Morgan fingerprint density at radius 1 is 1.05 bits per heavy atom. The van der Waals surface area contributed by atoms with Gasteiger partial charge in [-0.15, -0.1) is 0 Å². The summed E-state index contributed by atoms with van der Waals surface area (Å²) in [6.45, 7) is 7.88. The Hall–Kier alpha value is -4.08. The van der Waals surface area contributed by atoms with Crippen molar-refractivity contribution in [1.82, 2.24) is 24.4 Å². The number of rotatable bonds is 6. The molecule has 1 aliphatic heterocycles. The molecule has 2 fully saturated rings. The second kappa shape index (κ2) is 10.7. The molecule has 10 nitrogen and oxygen atoms in total. The largest absolute Gasteiger partial charge is 0.367 e. The number of hydrogen-bond acceptors (Lipinski definition) is 8. The molecule has 3 aromatic rings. The highest BCUT2D eigenvalue weighted by molar-refractivity contribution is 5.99. The van der Waals surface area contributed by atoms with Crippen molar-refractivity contribution in [2.45, 2.75) is 52.5 Å². The van der Waals surface area contributed by atoms with E-state index in [-0.39, 0.29) is 28.9 Å². The van der Waals surface area contributed by atoms with E-state index in [1.165, 1.54) is 6.92 Å². The summed E-state index contributed by atoms with van der Waals surface area (Å²) in [5.41, 5.74) is 2.10. The molecule has 0 unspecified atom stereocenters. The van der Waals surface area contributed by atoms with Crippen LogP contribution in [0.3, 0.4) is 0 Å². The van der Waals surface area contributed by atoms with Crippen molar-refractivity contribution in [2.24, 2.45) is 0 Å². The van der Waals surface area contributed by atoms with Crippen LogP contribution in [-0.2, 0) is 4.79 Å². The van der Waals surface area contributed by atoms with Crippen LogP contribution in [0, 0.1) is 6.92 Å². The Kier molecular flexibility index (Phi) is 7.22. The Morgan fingerprint density at radius 3 is 2.42 bits per heavy atom. The lowest BCUT2D eigenvalue weighted by atomic mass is 10.0. The predicted octanol–water partition coefficient (Wildman–Crippen LogP) is 3.78. The number of piperazine rings is 1. The summed E-state index contributed by atoms with van der Waals surface area (Å²) in [5.74, 6) is 0.738. The molecule has 0 bridgehead atoms. The van der Waals surface area contributed by atoms with Crippen LogP contribution < -0.4 is 15.8 Å². The Bertz CT molecular complexity index is 1450. The van der Waals surface area contributed by atoms with Crippen molar-refractivity contribution in [3.8, 4) is 0 Å². The zero-order chi connectivity index (χ0) is 26.8. The van der Waals surface area contributed by atoms with E-state index in [2.05, 4.69) is 20.2 Å². The first kappa shape index (κ1) is 25.6. The number of fused-ring (bicyclic) bond motifs is 1. The van der Waals surface area contributed by atoms with E-state index < -0.39 is 0 Å². The van der Waals surface area contributed by atoms with Gasteiger partial charge in [-0.1, -0.05) is 18.9 Å². The van der Waals surface area contributed by atoms with Gasteiger partial charge in [-0.05, 0) is 57.4 Å². The van der Waals surface area contributed by atoms with Gasteiger partial charge in [0.25, 0.3) is 5.56 Å². The number of aryl methyl sites for hydroxylation is 1. The smallest absolute Gasteiger partial charge is 0.263 e. The number of anilines is 3. The summed E-state index contributed by atoms with van der Waals surface area (Å²) in [6, 6.07) is 3.88. The van der Waals surface area contributed by atoms with Crippen LogP contribution in [0.5, 0.6) is 0 Å². The standard InChI is InChI=1S/C28H33N7O3/c1-4-7-24(37)34-14-12-33(13-15-34)21-10-11-23(29-16-21)31-28-30-17-22-18(2)25(19(3)36)27(38)35(26(22)32-28)20-8-5-6-9-20/h4,7,10-11,16-17,20H,5-6,8-9,12-15H2,1-3H3,(H,29,30,31,32)/b7-4+. The van der Waals surface area contributed by atoms with Crippen molar-refractivity contribution in [3.05, 3.63) is 58.2 Å². The first-order valence-corrected chi connectivity index (χ1v) is 13.2. The first-order valence-electron chi connectivity index (χ1n) is 13.2. The molecule has 1 amide bonds. The zero-order valence-corrected chi connectivity index (χ0v) is 22.1. The second-order valence-corrected chi connectivity index (χ2v) is 9.94. The topological polar surface area (TPSA) is 113 Å². The van der Waals surface area contributed by atoms with E-state index in [1.807, 2.05) is 24.0 Å². The van der Waals surface area contributed by atoms with Crippen molar-refractivity contribution in [2.75, 3.05) is 36.4 Å². The Balaban J connectivity index is 1.38. The lowest BCUT2D eigenvalue weighted by molar-refractivity contribution is -0.126. The van der Waals surface area contributed by atoms with Crippen LogP contribution in [0.25, 0.3) is 11.0 Å². The molecule has 1 saturated heterocycles. The number of amides is 1. The van der Waals surface area contributed by atoms with Gasteiger partial charge in [0.1, 0.15) is 11.5 Å². The molecule has 2 aliphatic rings. The molecule has 1 N–H and O–H groups in total. The molecule has 4 heterocycles. The van der Waals surface area contributed by atoms with Crippen molar-refractivity contribution < 1.29 is 9.59 Å². The Morgan fingerprint density at radius 2 is 1.79 bits per heavy atom. The molecule has 0 radical (unpaired) electrons. The van der Waals surface area contributed by atoms with Gasteiger partial charge < -0.3 is 15.1 Å². The fourth-order valence-electron chi connectivity index (χ4n) is 5.50. The molecular weight excluding hydrogens is 482 g/mol. The molecule has 0 spiro atoms. The molecule has 38 heavy (non-hydrogen) atoms. The summed E-state index contributed by atoms with van der Waals surface area (Å²) in [7, 11) is 0. The average Bonchev–Trinajstić information content (AvgIpc) is 3.44. The molecule has 0 atom stereocenters. The van der Waals surface area contributed by atoms with Gasteiger partial charge in [-0.2, -0.15) is 4.98 Å². The number of carbonyl (C=O) groups is 2. The Labute approximate surface area is 221 Å². The van der Waals surface area contributed by atoms with Crippen molar-refractivity contribution in [3.63, 3.8) is 0 Å². The number of pyridine rings is 2. The molecule has 1 saturated carbocycles. The van der Waals surface area contributed by atoms with Gasteiger partial charge in [0.15, 0.2) is 5.78 Å². The first-order chi connectivity index (χ1) is 18.4. The summed E-state index contributed by atoms with van der Waals surface area (Å²) in [4.78, 5) is 55.6. The third kappa shape index (κ3) is 4.90. The minimum absolute atomic E-state index is 0.0256. The van der Waals surface area contributed by atoms with E-state index in [9.17, 15) is 14.4 Å². The van der Waals surface area contributed by atoms with E-state index in [1.54, 1.807) is 36.0 Å². The van der Waals surface area contributed by atoms with E-state index in [4.69, 9.17) is 4.98 Å². The normalized spacial score (nSPS) is 16.5. The third-order valence-electron chi connectivity index (χ3n) is 7.50. The van der Waals surface area contributed by atoms with Crippen molar-refractivity contribution >= 4 is 40.2 Å². The quantitative estimate of drug-likeness (QED) is 0.390. The van der Waals surface area contributed by atoms with Gasteiger partial charge in [0.05, 0.1) is 17.4 Å². The number of aromatic nitrogens is 4. The van der Waals surface area contributed by atoms with Gasteiger partial charge >= 0.3 is 0 Å². The maximum absolute atomic E-state index is 13.4. The number of Topliss-reactive ketones (excluding diaryl/α,β-unsaturated/α-hetero) is 1. The number of nitrogens with one attached hydrogen (secondary N) is 1. The highest BCUT2D eigenvalue weighted by Gasteiger charge is 2.26. The monoisotopic (exact) mass is 515 g/mol. The maximum atomic E-state index is 13.4. The fourth-order valence-corrected chi connectivity index (χ4v) is 5.50. The number of nitrogens with zero attached hydrogens (tertiary/aromatic N) is 6. The van der Waals surface area contributed by atoms with Gasteiger partial charge in [-0.25, -0.2) is 9.97 Å². The van der Waals surface area contributed by atoms with Gasteiger partial charge in [0, 0.05) is 43.8 Å². The van der Waals surface area contributed by atoms with Gasteiger partial charge in [0.2, 0.25) is 11.9 Å². The summed E-state index contributed by atoms with van der Waals surface area (Å²) in [5, 5.41) is 3.87. The minimum atomic E-state index is -0.269. The van der Waals surface area contributed by atoms with Crippen LogP contribution >= 0.6 is 0 Å². The number of allylic oxidation sites excluding steroid dienone is 1. The predicted molar refractivity (Wildman–Crippen MR) is 147 cm³/mol. The van der Waals surface area contributed by atoms with Crippen LogP contribution in [0.4, 0.5) is 17.5 Å². The van der Waals surface area contributed by atoms with Crippen molar-refractivity contribution in [1.29, 1.82) is 0 Å². The third-order valence-corrected chi connectivity index (χ3v) is 7.50. The SMILES string of the molecule is C/C=C/C(=O)N1CCN(c2ccc(Nc3ncc4c(C)c(C(C)=O)c(=O)n(C5CCCC5)c4n3)nc2)CC1. The second-order valence-electron chi connectivity index (χ2n) is 9.94. The van der Waals surface area contributed by atoms with E-state index in [0.717, 1.165) is 44.5 Å². The van der Waals surface area contributed by atoms with Crippen LogP contribution in [0.2, 0.25) is 0 Å². The molecular formula is C28H33N7O3. The number of ketones is 1. The maximum Gasteiger partial charge on any atom is 0.263 e. The average molecular weight is 516 g/mol. The highest BCUT2D eigenvalue weighted by Crippen LogP contribution is 2.32. The molecule has 10 heteroatoms. The number of carbonyl (C=O) groups excluding carboxylic acids is 2. The fraction of sp³-hybridized carbons (Fsp3) is 0.429. The zero-order valence-electron chi connectivity index (χ0n) is 22.1. The molecule has 0 aromatic carbocycles. The molecule has 1 aliphatic carbocycles. The van der Waals surface area contributed by atoms with E-state index in [0.29, 0.717) is 41.5 Å². The van der Waals surface area contributed by atoms with Crippen LogP contribution in [-0.4, -0.2) is 62.3 Å². The summed E-state index contributed by atoms with van der Waals surface area (Å²) < 4.78 is 1.70. The number of hydrogen-bond donors (Lipinski definition) is 1. The van der Waals surface area contributed by atoms with Crippen LogP contribution in [0.1, 0.15) is 61.5 Å². The summed E-state index contributed by atoms with van der Waals surface area (Å²) >= 11 is 0. The highest BCUT2D eigenvalue weighted by atomic mass is 16.2. The molecule has 198 valence electrons. The van der Waals surface area contributed by atoms with Gasteiger partial charge in [-0.3, -0.25) is 19.0 Å². The summed E-state index contributed by atoms with van der Waals surface area (Å²) in [6.07, 6.45) is 10.7. The lowest BCUT2D eigenvalue weighted by Crippen LogP contribution is -2.48. The minimum Gasteiger partial charge on any atom is -0.367 e. The molecule has 3 aromatic heterocycles. The lowest BCUT2D eigenvalue weighted by Gasteiger charge is -2.35. The van der Waals surface area contributed by atoms with Crippen LogP contribution in [0.15, 0.2) is 41.5 Å².